The number of furan rings is 1. The van der Waals surface area contributed by atoms with Crippen LogP contribution >= 0.6 is 15.9 Å². The Labute approximate surface area is 172 Å². The van der Waals surface area contributed by atoms with E-state index in [1.54, 1.807) is 18.2 Å². The third kappa shape index (κ3) is 5.67. The number of ether oxygens (including phenoxy) is 1. The summed E-state index contributed by atoms with van der Waals surface area (Å²) in [5, 5.41) is 5.54. The Balaban J connectivity index is 1.53. The molecule has 8 heteroatoms. The van der Waals surface area contributed by atoms with Gasteiger partial charge in [0.1, 0.15) is 11.5 Å². The van der Waals surface area contributed by atoms with Crippen LogP contribution in [0.3, 0.4) is 0 Å². The van der Waals surface area contributed by atoms with Gasteiger partial charge in [0.05, 0.1) is 25.8 Å². The SMILES string of the molecule is Cc1ccc(C(CNC(=O)CNC(=O)c2cccc(Br)c2)N2CCOCC2)o1. The van der Waals surface area contributed by atoms with Crippen LogP contribution in [0.25, 0.3) is 0 Å². The molecule has 1 aliphatic heterocycles. The van der Waals surface area contributed by atoms with E-state index in [2.05, 4.69) is 31.5 Å². The second-order valence-electron chi connectivity index (χ2n) is 6.61. The molecule has 1 atom stereocenters. The molecule has 2 N–H and O–H groups in total. The minimum Gasteiger partial charge on any atom is -0.465 e. The standard InChI is InChI=1S/C20H24BrN3O4/c1-14-5-6-18(28-14)17(24-7-9-27-10-8-24)12-22-19(25)13-23-20(26)15-3-2-4-16(21)11-15/h2-6,11,17H,7-10,12-13H2,1H3,(H,22,25)(H,23,26). The van der Waals surface area contributed by atoms with E-state index < -0.39 is 0 Å². The molecule has 1 aliphatic rings. The number of halogens is 1. The maximum Gasteiger partial charge on any atom is 0.251 e. The number of nitrogens with one attached hydrogen (secondary N) is 2. The first-order valence-corrected chi connectivity index (χ1v) is 10.0. The molecule has 1 aromatic heterocycles. The molecule has 0 radical (unpaired) electrons. The molecule has 1 fully saturated rings. The van der Waals surface area contributed by atoms with Crippen LogP contribution in [0.2, 0.25) is 0 Å². The topological polar surface area (TPSA) is 83.8 Å². The van der Waals surface area contributed by atoms with Crippen LogP contribution in [0.1, 0.15) is 27.9 Å². The summed E-state index contributed by atoms with van der Waals surface area (Å²) >= 11 is 3.33. The Kier molecular flexibility index (Phi) is 7.24. The summed E-state index contributed by atoms with van der Waals surface area (Å²) in [5.41, 5.74) is 0.499. The predicted octanol–water partition coefficient (Wildman–Crippen LogP) is 2.27. The highest BCUT2D eigenvalue weighted by atomic mass is 79.9. The van der Waals surface area contributed by atoms with Crippen LogP contribution < -0.4 is 10.6 Å². The fourth-order valence-electron chi connectivity index (χ4n) is 3.10. The Bertz CT molecular complexity index is 817. The van der Waals surface area contributed by atoms with Crippen molar-refractivity contribution in [1.82, 2.24) is 15.5 Å². The Morgan fingerprint density at radius 3 is 2.64 bits per heavy atom. The van der Waals surface area contributed by atoms with Gasteiger partial charge >= 0.3 is 0 Å². The molecule has 0 saturated carbocycles. The molecule has 1 unspecified atom stereocenters. The maximum atomic E-state index is 12.3. The van der Waals surface area contributed by atoms with Gasteiger partial charge in [-0.1, -0.05) is 22.0 Å². The van der Waals surface area contributed by atoms with Gasteiger partial charge in [0.15, 0.2) is 0 Å². The second kappa shape index (κ2) is 9.86. The van der Waals surface area contributed by atoms with Gasteiger partial charge in [-0.15, -0.1) is 0 Å². The highest BCUT2D eigenvalue weighted by Crippen LogP contribution is 2.23. The Hall–Kier alpha value is -2.16. The van der Waals surface area contributed by atoms with Gasteiger partial charge in [-0.05, 0) is 37.3 Å². The first-order chi connectivity index (χ1) is 13.5. The lowest BCUT2D eigenvalue weighted by Crippen LogP contribution is -2.45. The summed E-state index contributed by atoms with van der Waals surface area (Å²) < 4.78 is 12.0. The van der Waals surface area contributed by atoms with Crippen LogP contribution in [0.15, 0.2) is 45.3 Å². The minimum absolute atomic E-state index is 0.0673. The molecule has 28 heavy (non-hydrogen) atoms. The summed E-state index contributed by atoms with van der Waals surface area (Å²) in [6.45, 7) is 5.09. The van der Waals surface area contributed by atoms with Gasteiger partial charge in [0, 0.05) is 29.7 Å². The lowest BCUT2D eigenvalue weighted by Gasteiger charge is -2.33. The van der Waals surface area contributed by atoms with E-state index >= 15 is 0 Å². The fourth-order valence-corrected chi connectivity index (χ4v) is 3.50. The molecular weight excluding hydrogens is 426 g/mol. The molecule has 150 valence electrons. The largest absolute Gasteiger partial charge is 0.465 e. The highest BCUT2D eigenvalue weighted by molar-refractivity contribution is 9.10. The number of nitrogens with zero attached hydrogens (tertiary/aromatic N) is 1. The lowest BCUT2D eigenvalue weighted by atomic mass is 10.1. The third-order valence-electron chi connectivity index (χ3n) is 4.56. The van der Waals surface area contributed by atoms with E-state index in [1.165, 1.54) is 0 Å². The van der Waals surface area contributed by atoms with Gasteiger partial charge in [-0.3, -0.25) is 14.5 Å². The normalized spacial score (nSPS) is 15.8. The molecule has 2 amide bonds. The minimum atomic E-state index is -0.289. The summed E-state index contributed by atoms with van der Waals surface area (Å²) in [6, 6.07) is 10.8. The van der Waals surface area contributed by atoms with Crippen molar-refractivity contribution in [3.63, 3.8) is 0 Å². The highest BCUT2D eigenvalue weighted by Gasteiger charge is 2.25. The number of hydrogen-bond donors (Lipinski definition) is 2. The first kappa shape index (κ1) is 20.6. The van der Waals surface area contributed by atoms with Crippen molar-refractivity contribution in [3.8, 4) is 0 Å². The number of benzene rings is 1. The second-order valence-corrected chi connectivity index (χ2v) is 7.53. The predicted molar refractivity (Wildman–Crippen MR) is 108 cm³/mol. The fraction of sp³-hybridized carbons (Fsp3) is 0.400. The van der Waals surface area contributed by atoms with Crippen molar-refractivity contribution in [1.29, 1.82) is 0 Å². The number of rotatable bonds is 7. The Morgan fingerprint density at radius 2 is 1.96 bits per heavy atom. The van der Waals surface area contributed by atoms with Gasteiger partial charge in [-0.25, -0.2) is 0 Å². The molecule has 1 saturated heterocycles. The van der Waals surface area contributed by atoms with Crippen LogP contribution in [0, 0.1) is 6.92 Å². The monoisotopic (exact) mass is 449 g/mol. The van der Waals surface area contributed by atoms with E-state index in [-0.39, 0.29) is 24.4 Å². The molecule has 0 spiro atoms. The zero-order chi connectivity index (χ0) is 19.9. The van der Waals surface area contributed by atoms with Crippen molar-refractivity contribution < 1.29 is 18.7 Å². The lowest BCUT2D eigenvalue weighted by molar-refractivity contribution is -0.120. The van der Waals surface area contributed by atoms with Gasteiger partial charge < -0.3 is 19.8 Å². The number of amides is 2. The van der Waals surface area contributed by atoms with Crippen molar-refractivity contribution in [2.24, 2.45) is 0 Å². The van der Waals surface area contributed by atoms with E-state index in [9.17, 15) is 9.59 Å². The van der Waals surface area contributed by atoms with Crippen molar-refractivity contribution in [3.05, 3.63) is 58.0 Å². The summed E-state index contributed by atoms with van der Waals surface area (Å²) in [7, 11) is 0. The summed E-state index contributed by atoms with van der Waals surface area (Å²) in [4.78, 5) is 26.7. The third-order valence-corrected chi connectivity index (χ3v) is 5.06. The average Bonchev–Trinajstić information content (AvgIpc) is 3.13. The molecule has 0 aliphatic carbocycles. The molecule has 3 rings (SSSR count). The van der Waals surface area contributed by atoms with Crippen molar-refractivity contribution >= 4 is 27.7 Å². The van der Waals surface area contributed by atoms with Gasteiger partial charge in [0.2, 0.25) is 5.91 Å². The number of carbonyl (C=O) groups is 2. The van der Waals surface area contributed by atoms with Crippen molar-refractivity contribution in [2.45, 2.75) is 13.0 Å². The first-order valence-electron chi connectivity index (χ1n) is 9.21. The Morgan fingerprint density at radius 1 is 1.18 bits per heavy atom. The quantitative estimate of drug-likeness (QED) is 0.677. The number of hydrogen-bond acceptors (Lipinski definition) is 5. The molecule has 2 aromatic rings. The smallest absolute Gasteiger partial charge is 0.251 e. The van der Waals surface area contributed by atoms with Gasteiger partial charge in [0.25, 0.3) is 5.91 Å². The molecule has 0 bridgehead atoms. The van der Waals surface area contributed by atoms with E-state index in [1.807, 2.05) is 25.1 Å². The zero-order valence-corrected chi connectivity index (χ0v) is 17.3. The average molecular weight is 450 g/mol. The van der Waals surface area contributed by atoms with E-state index in [0.717, 1.165) is 29.1 Å². The maximum absolute atomic E-state index is 12.3. The van der Waals surface area contributed by atoms with Crippen LogP contribution in [-0.4, -0.2) is 56.1 Å². The molecular formula is C20H24BrN3O4. The van der Waals surface area contributed by atoms with Crippen molar-refractivity contribution in [2.75, 3.05) is 39.4 Å². The summed E-state index contributed by atoms with van der Waals surface area (Å²) in [5.74, 6) is 1.12. The number of aryl methyl sites for hydroxylation is 1. The zero-order valence-electron chi connectivity index (χ0n) is 15.7. The van der Waals surface area contributed by atoms with E-state index in [0.29, 0.717) is 25.3 Å². The van der Waals surface area contributed by atoms with Crippen LogP contribution in [-0.2, 0) is 9.53 Å². The molecule has 2 heterocycles. The number of carbonyl (C=O) groups excluding carboxylic acids is 2. The molecule has 7 nitrogen and oxygen atoms in total. The molecule has 1 aromatic carbocycles. The van der Waals surface area contributed by atoms with E-state index in [4.69, 9.17) is 9.15 Å². The number of morpholine rings is 1. The van der Waals surface area contributed by atoms with Crippen LogP contribution in [0.4, 0.5) is 0 Å². The van der Waals surface area contributed by atoms with Gasteiger partial charge in [-0.2, -0.15) is 0 Å². The summed E-state index contributed by atoms with van der Waals surface area (Å²) in [6.07, 6.45) is 0. The van der Waals surface area contributed by atoms with Crippen LogP contribution in [0.5, 0.6) is 0 Å².